The zero-order valence-electron chi connectivity index (χ0n) is 4.95. The highest BCUT2D eigenvalue weighted by Crippen LogP contribution is 2.32. The Balaban J connectivity index is 0.000000148. The molecule has 1 rings (SSSR count). The van der Waals surface area contributed by atoms with E-state index in [0.29, 0.717) is 13.1 Å². The summed E-state index contributed by atoms with van der Waals surface area (Å²) in [5, 5.41) is 0. The van der Waals surface area contributed by atoms with E-state index in [0.717, 1.165) is 0 Å². The molecule has 0 amide bonds. The third-order valence-electron chi connectivity index (χ3n) is 0.483. The molecular weight excluding hydrogens is 143 g/mol. The van der Waals surface area contributed by atoms with Crippen LogP contribution in [0.25, 0.3) is 0 Å². The van der Waals surface area contributed by atoms with Crippen LogP contribution in [-0.2, 0) is 13.6 Å². The van der Waals surface area contributed by atoms with E-state index in [-0.39, 0.29) is 6.79 Å². The Kier molecular flexibility index (Phi) is 6.03. The molecule has 0 aromatic heterocycles. The van der Waals surface area contributed by atoms with Crippen molar-refractivity contribution in [2.24, 2.45) is 11.5 Å². The van der Waals surface area contributed by atoms with Crippen molar-refractivity contribution in [1.29, 1.82) is 0 Å². The molecule has 0 saturated carbocycles. The summed E-state index contributed by atoms with van der Waals surface area (Å²) < 4.78 is 18.0. The molecule has 1 fully saturated rings. The zero-order valence-corrected chi connectivity index (χ0v) is 5.84. The number of rotatable bonds is 1. The molecule has 0 aromatic rings. The SMILES string of the molecule is NCCN.O=[P+]1OCO1. The summed E-state index contributed by atoms with van der Waals surface area (Å²) in [4.78, 5) is 0. The summed E-state index contributed by atoms with van der Waals surface area (Å²) in [6, 6.07) is 0. The van der Waals surface area contributed by atoms with Gasteiger partial charge in [0.05, 0.1) is 0 Å². The van der Waals surface area contributed by atoms with E-state index in [1.54, 1.807) is 0 Å². The van der Waals surface area contributed by atoms with Crippen LogP contribution in [0.2, 0.25) is 0 Å². The average Bonchev–Trinajstić information content (AvgIpc) is 1.84. The van der Waals surface area contributed by atoms with Crippen molar-refractivity contribution in [2.75, 3.05) is 19.9 Å². The summed E-state index contributed by atoms with van der Waals surface area (Å²) in [7, 11) is -1.67. The van der Waals surface area contributed by atoms with Crippen LogP contribution in [-0.4, -0.2) is 19.9 Å². The van der Waals surface area contributed by atoms with E-state index in [9.17, 15) is 4.57 Å². The second kappa shape index (κ2) is 6.07. The predicted molar refractivity (Wildman–Crippen MR) is 32.8 cm³/mol. The molecule has 1 saturated heterocycles. The summed E-state index contributed by atoms with van der Waals surface area (Å²) in [6.45, 7) is 1.40. The molecule has 0 aliphatic carbocycles. The average molecular weight is 153 g/mol. The van der Waals surface area contributed by atoms with Gasteiger partial charge in [0.25, 0.3) is 6.79 Å². The molecule has 4 N–H and O–H groups in total. The second-order valence-corrected chi connectivity index (χ2v) is 2.14. The van der Waals surface area contributed by atoms with Crippen molar-refractivity contribution in [3.63, 3.8) is 0 Å². The van der Waals surface area contributed by atoms with Gasteiger partial charge < -0.3 is 11.5 Å². The fourth-order valence-electron chi connectivity index (χ4n) is 0.0957. The molecule has 0 bridgehead atoms. The Morgan fingerprint density at radius 3 is 1.67 bits per heavy atom. The molecule has 0 spiro atoms. The maximum Gasteiger partial charge on any atom is 0.702 e. The molecule has 6 heteroatoms. The second-order valence-electron chi connectivity index (χ2n) is 1.18. The minimum Gasteiger partial charge on any atom is -0.329 e. The Labute approximate surface area is 54.3 Å². The molecule has 1 aliphatic heterocycles. The lowest BCUT2D eigenvalue weighted by Gasteiger charge is -1.88. The smallest absolute Gasteiger partial charge is 0.329 e. The first-order valence-corrected chi connectivity index (χ1v) is 3.54. The Bertz CT molecular complexity index is 81.1. The molecule has 0 radical (unpaired) electrons. The molecule has 0 aromatic carbocycles. The van der Waals surface area contributed by atoms with Crippen LogP contribution < -0.4 is 11.5 Å². The van der Waals surface area contributed by atoms with E-state index < -0.39 is 8.25 Å². The first kappa shape index (κ1) is 8.94. The Morgan fingerprint density at radius 1 is 1.33 bits per heavy atom. The van der Waals surface area contributed by atoms with E-state index in [1.165, 1.54) is 0 Å². The lowest BCUT2D eigenvalue weighted by atomic mass is 10.7. The highest BCUT2D eigenvalue weighted by Gasteiger charge is 2.32. The standard InChI is InChI=1S/C2H8N2.CH2O3P/c3-1-2-4;2-5-3-1-4-5/h1-4H2;1H2/q;+1. The molecule has 0 atom stereocenters. The quantitative estimate of drug-likeness (QED) is 0.498. The molecule has 5 nitrogen and oxygen atoms in total. The maximum absolute atomic E-state index is 9.60. The highest BCUT2D eigenvalue weighted by molar-refractivity contribution is 7.34. The minimum atomic E-state index is -1.67. The van der Waals surface area contributed by atoms with Crippen LogP contribution in [0.3, 0.4) is 0 Å². The van der Waals surface area contributed by atoms with E-state index in [1.807, 2.05) is 0 Å². The fraction of sp³-hybridized carbons (Fsp3) is 1.00. The zero-order chi connectivity index (χ0) is 7.11. The van der Waals surface area contributed by atoms with Crippen LogP contribution in [0.5, 0.6) is 0 Å². The van der Waals surface area contributed by atoms with Crippen molar-refractivity contribution in [3.05, 3.63) is 0 Å². The summed E-state index contributed by atoms with van der Waals surface area (Å²) in [5.74, 6) is 0. The van der Waals surface area contributed by atoms with Crippen LogP contribution in [0, 0.1) is 0 Å². The normalized spacial score (nSPS) is 15.6. The lowest BCUT2D eigenvalue weighted by Crippen LogP contribution is -2.11. The Morgan fingerprint density at radius 2 is 1.67 bits per heavy atom. The fourth-order valence-corrected chi connectivity index (χ4v) is 0.287. The third kappa shape index (κ3) is 5.82. The molecule has 9 heavy (non-hydrogen) atoms. The number of hydrogen-bond donors (Lipinski definition) is 2. The van der Waals surface area contributed by atoms with Gasteiger partial charge in [-0.25, -0.2) is 0 Å². The van der Waals surface area contributed by atoms with Crippen LogP contribution in [0.15, 0.2) is 0 Å². The molecule has 54 valence electrons. The first-order valence-electron chi connectivity index (χ1n) is 2.44. The van der Waals surface area contributed by atoms with Gasteiger partial charge >= 0.3 is 8.25 Å². The molecule has 1 aliphatic rings. The topological polar surface area (TPSA) is 87.6 Å². The summed E-state index contributed by atoms with van der Waals surface area (Å²) in [6.07, 6.45) is 0. The van der Waals surface area contributed by atoms with Crippen LogP contribution in [0.1, 0.15) is 0 Å². The summed E-state index contributed by atoms with van der Waals surface area (Å²) in [5.41, 5.74) is 9.81. The maximum atomic E-state index is 9.60. The van der Waals surface area contributed by atoms with Crippen molar-refractivity contribution < 1.29 is 13.6 Å². The van der Waals surface area contributed by atoms with E-state index in [4.69, 9.17) is 11.5 Å². The largest absolute Gasteiger partial charge is 0.702 e. The van der Waals surface area contributed by atoms with Gasteiger partial charge in [-0.2, -0.15) is 0 Å². The van der Waals surface area contributed by atoms with Crippen molar-refractivity contribution in [1.82, 2.24) is 0 Å². The highest BCUT2D eigenvalue weighted by atomic mass is 31.1. The Hall–Kier alpha value is -0.0600. The van der Waals surface area contributed by atoms with Gasteiger partial charge in [0.2, 0.25) is 0 Å². The van der Waals surface area contributed by atoms with Crippen molar-refractivity contribution in [2.45, 2.75) is 0 Å². The van der Waals surface area contributed by atoms with E-state index >= 15 is 0 Å². The van der Waals surface area contributed by atoms with Gasteiger partial charge in [0, 0.05) is 17.7 Å². The van der Waals surface area contributed by atoms with Crippen molar-refractivity contribution in [3.8, 4) is 0 Å². The third-order valence-corrected chi connectivity index (χ3v) is 1.12. The van der Waals surface area contributed by atoms with Gasteiger partial charge in [0.1, 0.15) is 0 Å². The molecule has 1 heterocycles. The van der Waals surface area contributed by atoms with Gasteiger partial charge in [-0.1, -0.05) is 9.05 Å². The van der Waals surface area contributed by atoms with Gasteiger partial charge in [0.15, 0.2) is 0 Å². The van der Waals surface area contributed by atoms with Crippen molar-refractivity contribution >= 4 is 8.25 Å². The van der Waals surface area contributed by atoms with Crippen LogP contribution >= 0.6 is 8.25 Å². The number of nitrogens with two attached hydrogens (primary N) is 2. The minimum absolute atomic E-state index is 0.204. The summed E-state index contributed by atoms with van der Waals surface area (Å²) >= 11 is 0. The monoisotopic (exact) mass is 153 g/mol. The van der Waals surface area contributed by atoms with Crippen LogP contribution in [0.4, 0.5) is 0 Å². The molecule has 0 unspecified atom stereocenters. The van der Waals surface area contributed by atoms with Gasteiger partial charge in [-0.05, 0) is 0 Å². The molecular formula is C3H10N2O3P+. The lowest BCUT2D eigenvalue weighted by molar-refractivity contribution is 0.0270. The number of hydrogen-bond acceptors (Lipinski definition) is 5. The van der Waals surface area contributed by atoms with Gasteiger partial charge in [-0.3, -0.25) is 0 Å². The van der Waals surface area contributed by atoms with E-state index in [2.05, 4.69) is 9.05 Å². The first-order chi connectivity index (χ1) is 4.31. The predicted octanol–water partition coefficient (Wildman–Crippen LogP) is -0.448. The van der Waals surface area contributed by atoms with Gasteiger partial charge in [-0.15, -0.1) is 0 Å².